The van der Waals surface area contributed by atoms with Crippen LogP contribution in [0, 0.1) is 6.92 Å². The topological polar surface area (TPSA) is 46.0 Å². The van der Waals surface area contributed by atoms with E-state index in [4.69, 9.17) is 0 Å². The Balaban J connectivity index is 2.60. The van der Waals surface area contributed by atoms with Gasteiger partial charge in [0, 0.05) is 6.20 Å². The summed E-state index contributed by atoms with van der Waals surface area (Å²) >= 11 is 0. The minimum atomic E-state index is -0.429. The predicted molar refractivity (Wildman–Crippen MR) is 51.3 cm³/mol. The fourth-order valence-corrected chi connectivity index (χ4v) is 1.21. The van der Waals surface area contributed by atoms with Crippen LogP contribution in [0.2, 0.25) is 0 Å². The first kappa shape index (κ1) is 10.1. The van der Waals surface area contributed by atoms with Crippen LogP contribution < -0.4 is 0 Å². The Labute approximate surface area is 78.9 Å². The number of aromatic nitrogens is 2. The summed E-state index contributed by atoms with van der Waals surface area (Å²) in [7, 11) is 0. The van der Waals surface area contributed by atoms with Crippen molar-refractivity contribution in [1.29, 1.82) is 0 Å². The molecule has 0 amide bonds. The van der Waals surface area contributed by atoms with E-state index in [2.05, 4.69) is 16.9 Å². The second kappa shape index (κ2) is 4.92. The normalized spacial score (nSPS) is 12.8. The van der Waals surface area contributed by atoms with Crippen LogP contribution in [0.4, 0.5) is 0 Å². The van der Waals surface area contributed by atoms with E-state index < -0.39 is 6.10 Å². The molecule has 1 heterocycles. The van der Waals surface area contributed by atoms with E-state index in [9.17, 15) is 5.11 Å². The average Bonchev–Trinajstić information content (AvgIpc) is 2.14. The van der Waals surface area contributed by atoms with Crippen molar-refractivity contribution in [2.45, 2.75) is 39.2 Å². The summed E-state index contributed by atoms with van der Waals surface area (Å²) in [6.45, 7) is 3.94. The van der Waals surface area contributed by atoms with Crippen molar-refractivity contribution < 1.29 is 5.11 Å². The molecule has 13 heavy (non-hydrogen) atoms. The summed E-state index contributed by atoms with van der Waals surface area (Å²) in [4.78, 5) is 8.15. The highest BCUT2D eigenvalue weighted by atomic mass is 16.3. The molecule has 1 N–H and O–H groups in total. The SMILES string of the molecule is CCCCC(O)c1ccnc(C)n1. The molecule has 72 valence electrons. The van der Waals surface area contributed by atoms with Crippen molar-refractivity contribution in [1.82, 2.24) is 9.97 Å². The zero-order valence-corrected chi connectivity index (χ0v) is 8.20. The molecule has 3 heteroatoms. The van der Waals surface area contributed by atoms with Crippen molar-refractivity contribution in [2.75, 3.05) is 0 Å². The highest BCUT2D eigenvalue weighted by Crippen LogP contribution is 2.16. The Morgan fingerprint density at radius 2 is 2.31 bits per heavy atom. The summed E-state index contributed by atoms with van der Waals surface area (Å²) in [5, 5.41) is 9.69. The molecule has 0 spiro atoms. The molecule has 1 aromatic heterocycles. The smallest absolute Gasteiger partial charge is 0.125 e. The summed E-state index contributed by atoms with van der Waals surface area (Å²) in [6, 6.07) is 1.77. The first-order valence-electron chi connectivity index (χ1n) is 4.71. The second-order valence-electron chi connectivity index (χ2n) is 3.19. The molecule has 1 aromatic rings. The van der Waals surface area contributed by atoms with Gasteiger partial charge in [0.2, 0.25) is 0 Å². The molecule has 0 fully saturated rings. The maximum Gasteiger partial charge on any atom is 0.125 e. The third-order valence-electron chi connectivity index (χ3n) is 1.97. The number of hydrogen-bond donors (Lipinski definition) is 1. The van der Waals surface area contributed by atoms with Crippen LogP contribution in [0.25, 0.3) is 0 Å². The van der Waals surface area contributed by atoms with Crippen molar-refractivity contribution in [2.24, 2.45) is 0 Å². The maximum atomic E-state index is 9.69. The molecule has 0 aromatic carbocycles. The van der Waals surface area contributed by atoms with Crippen LogP contribution >= 0.6 is 0 Å². The van der Waals surface area contributed by atoms with Gasteiger partial charge in [0.15, 0.2) is 0 Å². The van der Waals surface area contributed by atoms with E-state index in [1.807, 2.05) is 6.92 Å². The number of aryl methyl sites for hydroxylation is 1. The van der Waals surface area contributed by atoms with Crippen molar-refractivity contribution in [3.8, 4) is 0 Å². The lowest BCUT2D eigenvalue weighted by atomic mass is 10.1. The molecule has 3 nitrogen and oxygen atoms in total. The first-order valence-corrected chi connectivity index (χ1v) is 4.71. The summed E-state index contributed by atoms with van der Waals surface area (Å²) in [5.74, 6) is 0.716. The second-order valence-corrected chi connectivity index (χ2v) is 3.19. The van der Waals surface area contributed by atoms with Gasteiger partial charge in [0.1, 0.15) is 5.82 Å². The van der Waals surface area contributed by atoms with Gasteiger partial charge in [-0.1, -0.05) is 19.8 Å². The van der Waals surface area contributed by atoms with Gasteiger partial charge in [0.05, 0.1) is 11.8 Å². The lowest BCUT2D eigenvalue weighted by molar-refractivity contribution is 0.159. The highest BCUT2D eigenvalue weighted by molar-refractivity contribution is 5.04. The van der Waals surface area contributed by atoms with E-state index >= 15 is 0 Å². The number of aliphatic hydroxyl groups is 1. The number of unbranched alkanes of at least 4 members (excludes halogenated alkanes) is 1. The average molecular weight is 180 g/mol. The maximum absolute atomic E-state index is 9.69. The standard InChI is InChI=1S/C10H16N2O/c1-3-4-5-10(13)9-6-7-11-8(2)12-9/h6-7,10,13H,3-5H2,1-2H3. The van der Waals surface area contributed by atoms with E-state index in [0.717, 1.165) is 25.0 Å². The fraction of sp³-hybridized carbons (Fsp3) is 0.600. The van der Waals surface area contributed by atoms with Crippen LogP contribution in [-0.4, -0.2) is 15.1 Å². The van der Waals surface area contributed by atoms with Crippen LogP contribution in [0.3, 0.4) is 0 Å². The molecule has 0 aliphatic carbocycles. The molecule has 0 radical (unpaired) electrons. The third-order valence-corrected chi connectivity index (χ3v) is 1.97. The van der Waals surface area contributed by atoms with Crippen LogP contribution in [0.15, 0.2) is 12.3 Å². The van der Waals surface area contributed by atoms with Crippen molar-refractivity contribution >= 4 is 0 Å². The van der Waals surface area contributed by atoms with Gasteiger partial charge >= 0.3 is 0 Å². The Morgan fingerprint density at radius 1 is 1.54 bits per heavy atom. The molecule has 0 bridgehead atoms. The van der Waals surface area contributed by atoms with Gasteiger partial charge in [-0.15, -0.1) is 0 Å². The first-order chi connectivity index (χ1) is 6.24. The fourth-order valence-electron chi connectivity index (χ4n) is 1.21. The molecule has 1 rings (SSSR count). The van der Waals surface area contributed by atoms with E-state index in [1.54, 1.807) is 12.3 Å². The largest absolute Gasteiger partial charge is 0.387 e. The molecular weight excluding hydrogens is 164 g/mol. The Hall–Kier alpha value is -0.960. The predicted octanol–water partition coefficient (Wildman–Crippen LogP) is 2.01. The highest BCUT2D eigenvalue weighted by Gasteiger charge is 2.07. The lowest BCUT2D eigenvalue weighted by Gasteiger charge is -2.08. The Kier molecular flexibility index (Phi) is 3.83. The van der Waals surface area contributed by atoms with E-state index in [-0.39, 0.29) is 0 Å². The van der Waals surface area contributed by atoms with Crippen molar-refractivity contribution in [3.63, 3.8) is 0 Å². The molecule has 1 unspecified atom stereocenters. The third kappa shape index (κ3) is 3.11. The van der Waals surface area contributed by atoms with E-state index in [1.165, 1.54) is 0 Å². The molecule has 0 saturated heterocycles. The van der Waals surface area contributed by atoms with Crippen LogP contribution in [-0.2, 0) is 0 Å². The van der Waals surface area contributed by atoms with Gasteiger partial charge in [-0.25, -0.2) is 9.97 Å². The van der Waals surface area contributed by atoms with Gasteiger partial charge in [-0.05, 0) is 19.4 Å². The minimum absolute atomic E-state index is 0.429. The summed E-state index contributed by atoms with van der Waals surface area (Å²) < 4.78 is 0. The zero-order chi connectivity index (χ0) is 9.68. The number of hydrogen-bond acceptors (Lipinski definition) is 3. The van der Waals surface area contributed by atoms with E-state index in [0.29, 0.717) is 5.82 Å². The Morgan fingerprint density at radius 3 is 2.92 bits per heavy atom. The van der Waals surface area contributed by atoms with Gasteiger partial charge in [-0.2, -0.15) is 0 Å². The monoisotopic (exact) mass is 180 g/mol. The molecule has 0 aliphatic heterocycles. The molecule has 0 saturated carbocycles. The molecule has 1 atom stereocenters. The van der Waals surface area contributed by atoms with Crippen LogP contribution in [0.5, 0.6) is 0 Å². The van der Waals surface area contributed by atoms with Gasteiger partial charge in [0.25, 0.3) is 0 Å². The minimum Gasteiger partial charge on any atom is -0.387 e. The van der Waals surface area contributed by atoms with Gasteiger partial charge < -0.3 is 5.11 Å². The summed E-state index contributed by atoms with van der Waals surface area (Å²) in [6.07, 6.45) is 4.17. The van der Waals surface area contributed by atoms with Crippen LogP contribution in [0.1, 0.15) is 43.8 Å². The lowest BCUT2D eigenvalue weighted by Crippen LogP contribution is -2.02. The van der Waals surface area contributed by atoms with Gasteiger partial charge in [-0.3, -0.25) is 0 Å². The zero-order valence-electron chi connectivity index (χ0n) is 8.20. The quantitative estimate of drug-likeness (QED) is 0.771. The number of rotatable bonds is 4. The van der Waals surface area contributed by atoms with Crippen molar-refractivity contribution in [3.05, 3.63) is 23.8 Å². The summed E-state index contributed by atoms with van der Waals surface area (Å²) in [5.41, 5.74) is 0.737. The number of nitrogens with zero attached hydrogens (tertiary/aromatic N) is 2. The Bertz CT molecular complexity index is 263. The molecule has 0 aliphatic rings. The number of aliphatic hydroxyl groups excluding tert-OH is 1. The molecular formula is C10H16N2O.